The largest absolute Gasteiger partial charge is 0.491 e. The van der Waals surface area contributed by atoms with Crippen LogP contribution in [0.4, 0.5) is 4.39 Å². The number of ether oxygens (including phenoxy) is 1. The number of hydrogen-bond donors (Lipinski definition) is 2. The van der Waals surface area contributed by atoms with Crippen LogP contribution in [-0.2, 0) is 10.0 Å². The summed E-state index contributed by atoms with van der Waals surface area (Å²) in [5.74, 6) is -0.232. The van der Waals surface area contributed by atoms with E-state index < -0.39 is 39.7 Å². The molecule has 0 radical (unpaired) electrons. The van der Waals surface area contributed by atoms with Crippen molar-refractivity contribution in [3.05, 3.63) is 28.5 Å². The number of hydrogen-bond acceptors (Lipinski definition) is 5. The lowest BCUT2D eigenvalue weighted by molar-refractivity contribution is -0.0745. The maximum atomic E-state index is 14.5. The Bertz CT molecular complexity index is 884. The number of rotatable bonds is 7. The Morgan fingerprint density at radius 1 is 1.21 bits per heavy atom. The van der Waals surface area contributed by atoms with E-state index in [2.05, 4.69) is 0 Å². The summed E-state index contributed by atoms with van der Waals surface area (Å²) in [6.07, 6.45) is 7.37. The van der Waals surface area contributed by atoms with Crippen LogP contribution < -0.4 is 9.46 Å². The van der Waals surface area contributed by atoms with Gasteiger partial charge in [0, 0.05) is 11.5 Å². The molecule has 0 saturated heterocycles. The van der Waals surface area contributed by atoms with Crippen LogP contribution in [0.3, 0.4) is 0 Å². The molecular weight excluding hydrogens is 421 g/mol. The Kier molecular flexibility index (Phi) is 5.55. The molecule has 5 rings (SSSR count). The molecule has 9 heteroatoms. The lowest BCUT2D eigenvalue weighted by Crippen LogP contribution is -2.48. The number of halogens is 2. The van der Waals surface area contributed by atoms with Gasteiger partial charge in [0.1, 0.15) is 11.6 Å². The first-order valence-electron chi connectivity index (χ1n) is 9.96. The molecule has 4 aliphatic rings. The number of benzene rings is 1. The SMILES string of the molecule is O=C(NS(=O)(=O)CCO)c1cc(Cl)c(OCC23CC4CC(CC(C4)C2)C3)cc1F. The van der Waals surface area contributed by atoms with Gasteiger partial charge in [-0.25, -0.2) is 17.5 Å². The number of carbonyl (C=O) groups is 1. The average molecular weight is 446 g/mol. The summed E-state index contributed by atoms with van der Waals surface area (Å²) in [6, 6.07) is 2.12. The van der Waals surface area contributed by atoms with Gasteiger partial charge in [0.15, 0.2) is 0 Å². The zero-order chi connectivity index (χ0) is 20.8. The van der Waals surface area contributed by atoms with Crippen molar-refractivity contribution in [1.82, 2.24) is 4.72 Å². The van der Waals surface area contributed by atoms with E-state index in [9.17, 15) is 17.6 Å². The van der Waals surface area contributed by atoms with Crippen molar-refractivity contribution in [2.75, 3.05) is 19.0 Å². The smallest absolute Gasteiger partial charge is 0.267 e. The standard InChI is InChI=1S/C20H25ClFNO5S/c21-16-6-15(19(25)23-29(26,27)2-1-24)17(22)7-18(16)28-11-20-8-12-3-13(9-20)5-14(4-12)10-20/h6-7,12-14,24H,1-5,8-11H2,(H,23,25). The fourth-order valence-electron chi connectivity index (χ4n) is 5.88. The van der Waals surface area contributed by atoms with Crippen LogP contribution in [0.25, 0.3) is 0 Å². The molecule has 0 heterocycles. The summed E-state index contributed by atoms with van der Waals surface area (Å²) in [5.41, 5.74) is -0.359. The third kappa shape index (κ3) is 4.39. The molecule has 4 aliphatic carbocycles. The Morgan fingerprint density at radius 3 is 2.34 bits per heavy atom. The summed E-state index contributed by atoms with van der Waals surface area (Å²) in [7, 11) is -4.05. The molecular formula is C20H25ClFNO5S. The number of sulfonamides is 1. The highest BCUT2D eigenvalue weighted by molar-refractivity contribution is 7.90. The minimum absolute atomic E-state index is 0.0563. The molecule has 4 saturated carbocycles. The van der Waals surface area contributed by atoms with Gasteiger partial charge in [-0.3, -0.25) is 4.79 Å². The molecule has 4 bridgehead atoms. The first-order valence-corrected chi connectivity index (χ1v) is 12.0. The summed E-state index contributed by atoms with van der Waals surface area (Å²) in [4.78, 5) is 12.1. The van der Waals surface area contributed by atoms with Crippen LogP contribution in [0.1, 0.15) is 48.9 Å². The normalized spacial score (nSPS) is 30.4. The van der Waals surface area contributed by atoms with Crippen LogP contribution in [0.15, 0.2) is 12.1 Å². The molecule has 4 fully saturated rings. The van der Waals surface area contributed by atoms with Gasteiger partial charge in [0.05, 0.1) is 29.6 Å². The predicted molar refractivity (Wildman–Crippen MR) is 106 cm³/mol. The van der Waals surface area contributed by atoms with E-state index in [-0.39, 0.29) is 16.2 Å². The molecule has 0 atom stereocenters. The van der Waals surface area contributed by atoms with Crippen LogP contribution >= 0.6 is 11.6 Å². The summed E-state index contributed by atoms with van der Waals surface area (Å²) in [5, 5.41) is 8.78. The second kappa shape index (κ2) is 7.71. The molecule has 0 spiro atoms. The summed E-state index contributed by atoms with van der Waals surface area (Å²) >= 11 is 6.20. The Hall–Kier alpha value is -1.38. The highest BCUT2D eigenvalue weighted by Gasteiger charge is 2.51. The van der Waals surface area contributed by atoms with E-state index in [1.54, 1.807) is 4.72 Å². The van der Waals surface area contributed by atoms with Crippen LogP contribution in [-0.4, -0.2) is 38.4 Å². The van der Waals surface area contributed by atoms with Gasteiger partial charge in [-0.2, -0.15) is 0 Å². The molecule has 29 heavy (non-hydrogen) atoms. The van der Waals surface area contributed by atoms with E-state index in [0.717, 1.165) is 49.1 Å². The van der Waals surface area contributed by atoms with Gasteiger partial charge in [0.2, 0.25) is 10.0 Å². The summed E-state index contributed by atoms with van der Waals surface area (Å²) in [6.45, 7) is -0.172. The fraction of sp³-hybridized carbons (Fsp3) is 0.650. The number of amides is 1. The van der Waals surface area contributed by atoms with Gasteiger partial charge in [-0.1, -0.05) is 11.6 Å². The maximum Gasteiger partial charge on any atom is 0.267 e. The van der Waals surface area contributed by atoms with Gasteiger partial charge < -0.3 is 9.84 Å². The van der Waals surface area contributed by atoms with E-state index in [1.807, 2.05) is 0 Å². The summed E-state index contributed by atoms with van der Waals surface area (Å²) < 4.78 is 45.3. The fourth-order valence-corrected chi connectivity index (χ4v) is 6.83. The van der Waals surface area contributed by atoms with Crippen molar-refractivity contribution in [3.8, 4) is 5.75 Å². The molecule has 0 aromatic heterocycles. The second-order valence-electron chi connectivity index (χ2n) is 8.94. The van der Waals surface area contributed by atoms with Gasteiger partial charge in [0.25, 0.3) is 5.91 Å². The third-order valence-electron chi connectivity index (χ3n) is 6.57. The molecule has 6 nitrogen and oxygen atoms in total. The highest BCUT2D eigenvalue weighted by atomic mass is 35.5. The lowest BCUT2D eigenvalue weighted by atomic mass is 9.50. The van der Waals surface area contributed by atoms with Gasteiger partial charge in [-0.15, -0.1) is 0 Å². The number of aliphatic hydroxyl groups excluding tert-OH is 1. The van der Waals surface area contributed by atoms with Crippen molar-refractivity contribution in [2.45, 2.75) is 38.5 Å². The lowest BCUT2D eigenvalue weighted by Gasteiger charge is -2.56. The van der Waals surface area contributed by atoms with Crippen molar-refractivity contribution in [1.29, 1.82) is 0 Å². The average Bonchev–Trinajstić information content (AvgIpc) is 2.60. The Labute approximate surface area is 174 Å². The number of carbonyl (C=O) groups excluding carboxylic acids is 1. The second-order valence-corrected chi connectivity index (χ2v) is 11.2. The first-order chi connectivity index (χ1) is 13.7. The van der Waals surface area contributed by atoms with Crippen LogP contribution in [0.5, 0.6) is 5.75 Å². The van der Waals surface area contributed by atoms with E-state index in [0.29, 0.717) is 6.61 Å². The number of nitrogens with one attached hydrogen (secondary N) is 1. The zero-order valence-corrected chi connectivity index (χ0v) is 17.6. The van der Waals surface area contributed by atoms with Gasteiger partial charge in [-0.05, 0) is 62.3 Å². The molecule has 160 valence electrons. The van der Waals surface area contributed by atoms with E-state index in [4.69, 9.17) is 21.4 Å². The third-order valence-corrected chi connectivity index (χ3v) is 8.09. The molecule has 1 aromatic carbocycles. The molecule has 2 N–H and O–H groups in total. The van der Waals surface area contributed by atoms with Crippen LogP contribution in [0, 0.1) is 29.0 Å². The predicted octanol–water partition coefficient (Wildman–Crippen LogP) is 3.13. The van der Waals surface area contributed by atoms with Crippen LogP contribution in [0.2, 0.25) is 5.02 Å². The van der Waals surface area contributed by atoms with Gasteiger partial charge >= 0.3 is 0 Å². The number of aliphatic hydroxyl groups is 1. The molecule has 1 amide bonds. The van der Waals surface area contributed by atoms with Crippen molar-refractivity contribution < 1.29 is 27.4 Å². The van der Waals surface area contributed by atoms with E-state index in [1.165, 1.54) is 19.3 Å². The Balaban J connectivity index is 1.46. The van der Waals surface area contributed by atoms with Crippen molar-refractivity contribution in [3.63, 3.8) is 0 Å². The van der Waals surface area contributed by atoms with E-state index >= 15 is 0 Å². The first kappa shape index (κ1) is 20.9. The minimum Gasteiger partial charge on any atom is -0.491 e. The quantitative estimate of drug-likeness (QED) is 0.672. The molecule has 1 aromatic rings. The molecule has 0 aliphatic heterocycles. The Morgan fingerprint density at radius 2 is 1.79 bits per heavy atom. The maximum absolute atomic E-state index is 14.5. The van der Waals surface area contributed by atoms with Crippen molar-refractivity contribution >= 4 is 27.5 Å². The monoisotopic (exact) mass is 445 g/mol. The molecule has 0 unspecified atom stereocenters. The zero-order valence-electron chi connectivity index (χ0n) is 16.0. The topological polar surface area (TPSA) is 92.7 Å². The minimum atomic E-state index is -4.05. The van der Waals surface area contributed by atoms with Crippen molar-refractivity contribution in [2.24, 2.45) is 23.2 Å². The highest BCUT2D eigenvalue weighted by Crippen LogP contribution is 2.60.